The zero-order chi connectivity index (χ0) is 15.6. The summed E-state index contributed by atoms with van der Waals surface area (Å²) in [5.74, 6) is -1.21. The molecule has 1 atom stereocenters. The van der Waals surface area contributed by atoms with Crippen LogP contribution in [0.3, 0.4) is 0 Å². The second-order valence-electron chi connectivity index (χ2n) is 6.12. The SMILES string of the molecule is CC(C)C(O)C1(CNC(=O)c2cccc(C(=O)O)c2)CC1. The van der Waals surface area contributed by atoms with Gasteiger partial charge in [-0.15, -0.1) is 0 Å². The highest BCUT2D eigenvalue weighted by atomic mass is 16.4. The molecule has 0 bridgehead atoms. The smallest absolute Gasteiger partial charge is 0.335 e. The van der Waals surface area contributed by atoms with Crippen molar-refractivity contribution >= 4 is 11.9 Å². The van der Waals surface area contributed by atoms with Crippen LogP contribution in [0.5, 0.6) is 0 Å². The average Bonchev–Trinajstić information content (AvgIpc) is 3.25. The molecule has 0 saturated heterocycles. The van der Waals surface area contributed by atoms with Crippen LogP contribution in [0, 0.1) is 11.3 Å². The standard InChI is InChI=1S/C16H21NO4/c1-10(2)13(18)16(6-7-16)9-17-14(19)11-4-3-5-12(8-11)15(20)21/h3-5,8,10,13,18H,6-7,9H2,1-2H3,(H,17,19)(H,20,21). The summed E-state index contributed by atoms with van der Waals surface area (Å²) in [6.07, 6.45) is 1.38. The lowest BCUT2D eigenvalue weighted by Gasteiger charge is -2.25. The van der Waals surface area contributed by atoms with Crippen molar-refractivity contribution in [3.05, 3.63) is 35.4 Å². The Morgan fingerprint density at radius 1 is 1.29 bits per heavy atom. The summed E-state index contributed by atoms with van der Waals surface area (Å²) in [5.41, 5.74) is 0.199. The fourth-order valence-electron chi connectivity index (χ4n) is 2.60. The third kappa shape index (κ3) is 3.42. The highest BCUT2D eigenvalue weighted by molar-refractivity contribution is 5.97. The summed E-state index contributed by atoms with van der Waals surface area (Å²) in [6.45, 7) is 4.34. The molecule has 1 aromatic carbocycles. The average molecular weight is 291 g/mol. The van der Waals surface area contributed by atoms with Crippen molar-refractivity contribution in [1.82, 2.24) is 5.32 Å². The molecule has 21 heavy (non-hydrogen) atoms. The van der Waals surface area contributed by atoms with Crippen LogP contribution < -0.4 is 5.32 Å². The first-order chi connectivity index (χ1) is 9.85. The molecule has 2 rings (SSSR count). The topological polar surface area (TPSA) is 86.6 Å². The minimum Gasteiger partial charge on any atom is -0.478 e. The van der Waals surface area contributed by atoms with Crippen LogP contribution in [0.2, 0.25) is 0 Å². The lowest BCUT2D eigenvalue weighted by Crippen LogP contribution is -2.38. The number of hydrogen-bond donors (Lipinski definition) is 3. The minimum atomic E-state index is -1.06. The van der Waals surface area contributed by atoms with E-state index in [2.05, 4.69) is 5.32 Å². The summed E-state index contributed by atoms with van der Waals surface area (Å²) in [4.78, 5) is 23.0. The molecule has 3 N–H and O–H groups in total. The van der Waals surface area contributed by atoms with E-state index in [-0.39, 0.29) is 22.8 Å². The molecule has 1 amide bonds. The van der Waals surface area contributed by atoms with Crippen molar-refractivity contribution in [3.8, 4) is 0 Å². The molecule has 1 aromatic rings. The number of aliphatic hydroxyl groups is 1. The number of rotatable bonds is 6. The van der Waals surface area contributed by atoms with Gasteiger partial charge in [0.25, 0.3) is 5.91 Å². The molecule has 1 fully saturated rings. The molecule has 0 spiro atoms. The van der Waals surface area contributed by atoms with E-state index in [4.69, 9.17) is 5.11 Å². The molecule has 0 aromatic heterocycles. The number of aliphatic hydroxyl groups excluding tert-OH is 1. The zero-order valence-electron chi connectivity index (χ0n) is 12.3. The van der Waals surface area contributed by atoms with Gasteiger partial charge in [-0.25, -0.2) is 4.79 Å². The molecule has 0 aliphatic heterocycles. The second-order valence-corrected chi connectivity index (χ2v) is 6.12. The van der Waals surface area contributed by atoms with Crippen LogP contribution >= 0.6 is 0 Å². The van der Waals surface area contributed by atoms with E-state index >= 15 is 0 Å². The normalized spacial score (nSPS) is 17.3. The summed E-state index contributed by atoms with van der Waals surface area (Å²) in [5, 5.41) is 21.9. The van der Waals surface area contributed by atoms with Gasteiger partial charge < -0.3 is 15.5 Å². The van der Waals surface area contributed by atoms with Gasteiger partial charge in [-0.3, -0.25) is 4.79 Å². The second kappa shape index (κ2) is 5.85. The van der Waals surface area contributed by atoms with Crippen LogP contribution in [0.15, 0.2) is 24.3 Å². The van der Waals surface area contributed by atoms with Crippen molar-refractivity contribution in [2.45, 2.75) is 32.8 Å². The van der Waals surface area contributed by atoms with E-state index in [0.29, 0.717) is 12.1 Å². The monoisotopic (exact) mass is 291 g/mol. The van der Waals surface area contributed by atoms with E-state index in [1.807, 2.05) is 13.8 Å². The van der Waals surface area contributed by atoms with Crippen molar-refractivity contribution in [2.75, 3.05) is 6.54 Å². The molecule has 1 unspecified atom stereocenters. The van der Waals surface area contributed by atoms with Gasteiger partial charge in [0.2, 0.25) is 0 Å². The Morgan fingerprint density at radius 3 is 2.43 bits per heavy atom. The molecular weight excluding hydrogens is 270 g/mol. The Balaban J connectivity index is 1.99. The van der Waals surface area contributed by atoms with E-state index < -0.39 is 12.1 Å². The number of carboxylic acids is 1. The van der Waals surface area contributed by atoms with Gasteiger partial charge in [0.05, 0.1) is 11.7 Å². The number of carbonyl (C=O) groups is 2. The predicted molar refractivity (Wildman–Crippen MR) is 78.2 cm³/mol. The molecule has 1 aliphatic carbocycles. The minimum absolute atomic E-state index is 0.0889. The number of hydrogen-bond acceptors (Lipinski definition) is 3. The maximum atomic E-state index is 12.1. The Hall–Kier alpha value is -1.88. The molecule has 5 nitrogen and oxygen atoms in total. The fraction of sp³-hybridized carbons (Fsp3) is 0.500. The molecule has 1 saturated carbocycles. The van der Waals surface area contributed by atoms with Crippen molar-refractivity contribution < 1.29 is 19.8 Å². The van der Waals surface area contributed by atoms with E-state index in [0.717, 1.165) is 12.8 Å². The summed E-state index contributed by atoms with van der Waals surface area (Å²) < 4.78 is 0. The van der Waals surface area contributed by atoms with Crippen molar-refractivity contribution in [3.63, 3.8) is 0 Å². The van der Waals surface area contributed by atoms with Gasteiger partial charge in [0.15, 0.2) is 0 Å². The lowest BCUT2D eigenvalue weighted by molar-refractivity contribution is 0.0490. The van der Waals surface area contributed by atoms with Gasteiger partial charge in [-0.2, -0.15) is 0 Å². The molecule has 0 radical (unpaired) electrons. The van der Waals surface area contributed by atoms with Gasteiger partial charge in [0, 0.05) is 17.5 Å². The first-order valence-corrected chi connectivity index (χ1v) is 7.15. The predicted octanol–water partition coefficient (Wildman–Crippen LogP) is 1.91. The molecule has 0 heterocycles. The Morgan fingerprint density at radius 2 is 1.90 bits per heavy atom. The quantitative estimate of drug-likeness (QED) is 0.747. The maximum absolute atomic E-state index is 12.1. The third-order valence-corrected chi connectivity index (χ3v) is 4.12. The van der Waals surface area contributed by atoms with E-state index in [1.54, 1.807) is 12.1 Å². The summed E-state index contributed by atoms with van der Waals surface area (Å²) in [7, 11) is 0. The van der Waals surface area contributed by atoms with Crippen LogP contribution in [-0.2, 0) is 0 Å². The fourth-order valence-corrected chi connectivity index (χ4v) is 2.60. The van der Waals surface area contributed by atoms with Crippen LogP contribution in [-0.4, -0.2) is 34.7 Å². The Labute approximate surface area is 124 Å². The third-order valence-electron chi connectivity index (χ3n) is 4.12. The van der Waals surface area contributed by atoms with E-state index in [9.17, 15) is 14.7 Å². The van der Waals surface area contributed by atoms with Crippen LogP contribution in [0.1, 0.15) is 47.4 Å². The Kier molecular flexibility index (Phi) is 4.32. The molecule has 1 aliphatic rings. The van der Waals surface area contributed by atoms with Gasteiger partial charge in [-0.05, 0) is 37.0 Å². The van der Waals surface area contributed by atoms with Crippen LogP contribution in [0.4, 0.5) is 0 Å². The zero-order valence-corrected chi connectivity index (χ0v) is 12.3. The van der Waals surface area contributed by atoms with E-state index in [1.165, 1.54) is 12.1 Å². The van der Waals surface area contributed by atoms with Gasteiger partial charge in [-0.1, -0.05) is 19.9 Å². The first kappa shape index (κ1) is 15.5. The number of carbonyl (C=O) groups excluding carboxylic acids is 1. The van der Waals surface area contributed by atoms with Gasteiger partial charge >= 0.3 is 5.97 Å². The number of benzene rings is 1. The molecule has 114 valence electrons. The van der Waals surface area contributed by atoms with Gasteiger partial charge in [0.1, 0.15) is 0 Å². The number of amides is 1. The summed E-state index contributed by atoms with van der Waals surface area (Å²) in [6, 6.07) is 5.94. The number of aromatic carboxylic acids is 1. The molecule has 5 heteroatoms. The van der Waals surface area contributed by atoms with Crippen molar-refractivity contribution in [2.24, 2.45) is 11.3 Å². The molecular formula is C16H21NO4. The number of carboxylic acid groups (broad SMARTS) is 1. The van der Waals surface area contributed by atoms with Crippen molar-refractivity contribution in [1.29, 1.82) is 0 Å². The number of nitrogens with one attached hydrogen (secondary N) is 1. The lowest BCUT2D eigenvalue weighted by atomic mass is 9.90. The highest BCUT2D eigenvalue weighted by Crippen LogP contribution is 2.50. The maximum Gasteiger partial charge on any atom is 0.335 e. The largest absolute Gasteiger partial charge is 0.478 e. The first-order valence-electron chi connectivity index (χ1n) is 7.15. The highest BCUT2D eigenvalue weighted by Gasteiger charge is 2.49. The van der Waals surface area contributed by atoms with Crippen LogP contribution in [0.25, 0.3) is 0 Å². The summed E-state index contributed by atoms with van der Waals surface area (Å²) >= 11 is 0. The Bertz CT molecular complexity index is 549.